The SMILES string of the molecule is COC(=O)C(c1cc(-c2ccc(N3CCC(c4sc5nnc(-c6ccccc6O)cc5c4C)CC3)c(C)c2)no1)C(C)C. The molecular formula is C34H36N4O4S. The van der Waals surface area contributed by atoms with Gasteiger partial charge < -0.3 is 19.3 Å². The minimum absolute atomic E-state index is 0.0331. The number of methoxy groups -OCH3 is 1. The third-order valence-corrected chi connectivity index (χ3v) is 9.93. The van der Waals surface area contributed by atoms with E-state index in [9.17, 15) is 9.90 Å². The molecule has 43 heavy (non-hydrogen) atoms. The molecule has 0 bridgehead atoms. The number of fused-ring (bicyclic) bond motifs is 1. The molecule has 1 aliphatic rings. The Morgan fingerprint density at radius 1 is 1.05 bits per heavy atom. The van der Waals surface area contributed by atoms with Crippen LogP contribution >= 0.6 is 11.3 Å². The van der Waals surface area contributed by atoms with Gasteiger partial charge in [0.05, 0.1) is 12.8 Å². The lowest BCUT2D eigenvalue weighted by molar-refractivity contribution is -0.144. The van der Waals surface area contributed by atoms with E-state index in [0.29, 0.717) is 28.6 Å². The van der Waals surface area contributed by atoms with Crippen molar-refractivity contribution in [2.24, 2.45) is 5.92 Å². The number of thiophene rings is 1. The summed E-state index contributed by atoms with van der Waals surface area (Å²) in [6.07, 6.45) is 2.12. The molecular weight excluding hydrogens is 560 g/mol. The van der Waals surface area contributed by atoms with Crippen LogP contribution < -0.4 is 4.90 Å². The molecule has 1 aliphatic heterocycles. The second kappa shape index (κ2) is 11.8. The van der Waals surface area contributed by atoms with Crippen LogP contribution in [0.3, 0.4) is 0 Å². The molecule has 0 radical (unpaired) electrons. The highest BCUT2D eigenvalue weighted by molar-refractivity contribution is 7.18. The van der Waals surface area contributed by atoms with Crippen molar-refractivity contribution in [3.05, 3.63) is 76.4 Å². The Balaban J connectivity index is 1.16. The lowest BCUT2D eigenvalue weighted by Gasteiger charge is -2.34. The second-order valence-electron chi connectivity index (χ2n) is 11.7. The number of piperidine rings is 1. The smallest absolute Gasteiger partial charge is 0.316 e. The molecule has 9 heteroatoms. The standard InChI is InChI=1S/C34H36N4O4S/c1-19(2)31(34(40)41-5)30-18-26(37-42-30)23-10-11-28(20(3)16-23)38-14-12-22(13-15-38)32-21(4)25-17-27(35-36-33(25)43-32)24-8-6-7-9-29(24)39/h6-11,16-19,22,31,39H,12-15H2,1-5H3. The first kappa shape index (κ1) is 28.9. The summed E-state index contributed by atoms with van der Waals surface area (Å²) in [7, 11) is 1.40. The number of nitrogens with zero attached hydrogens (tertiary/aromatic N) is 4. The average Bonchev–Trinajstić information content (AvgIpc) is 3.62. The van der Waals surface area contributed by atoms with Gasteiger partial charge in [-0.15, -0.1) is 21.5 Å². The first-order valence-corrected chi connectivity index (χ1v) is 15.5. The van der Waals surface area contributed by atoms with Gasteiger partial charge >= 0.3 is 5.97 Å². The van der Waals surface area contributed by atoms with Crippen LogP contribution in [-0.4, -0.2) is 46.6 Å². The Kier molecular flexibility index (Phi) is 7.92. The van der Waals surface area contributed by atoms with Crippen molar-refractivity contribution in [1.29, 1.82) is 0 Å². The van der Waals surface area contributed by atoms with Crippen molar-refractivity contribution in [1.82, 2.24) is 15.4 Å². The fraction of sp³-hybridized carbons (Fsp3) is 0.353. The number of carbonyl (C=O) groups excluding carboxylic acids is 1. The van der Waals surface area contributed by atoms with Gasteiger partial charge in [-0.1, -0.05) is 37.2 Å². The van der Waals surface area contributed by atoms with Crippen LogP contribution in [0.1, 0.15) is 60.3 Å². The molecule has 8 nitrogen and oxygen atoms in total. The summed E-state index contributed by atoms with van der Waals surface area (Å²) in [5, 5.41) is 24.6. The lowest BCUT2D eigenvalue weighted by atomic mass is 9.91. The number of phenols is 1. The van der Waals surface area contributed by atoms with Gasteiger partial charge in [0.1, 0.15) is 22.2 Å². The summed E-state index contributed by atoms with van der Waals surface area (Å²) >= 11 is 1.75. The fourth-order valence-corrected chi connectivity index (χ4v) is 7.49. The number of rotatable bonds is 7. The molecule has 6 rings (SSSR count). The Bertz CT molecular complexity index is 1780. The number of aryl methyl sites for hydroxylation is 2. The molecule has 1 saturated heterocycles. The van der Waals surface area contributed by atoms with Crippen LogP contribution in [0.25, 0.3) is 32.7 Å². The summed E-state index contributed by atoms with van der Waals surface area (Å²) in [6, 6.07) is 17.6. The molecule has 0 aliphatic carbocycles. The molecule has 222 valence electrons. The Morgan fingerprint density at radius 3 is 2.51 bits per heavy atom. The molecule has 4 heterocycles. The molecule has 5 aromatic rings. The molecule has 1 unspecified atom stereocenters. The third-order valence-electron chi connectivity index (χ3n) is 8.58. The van der Waals surface area contributed by atoms with Gasteiger partial charge in [0.2, 0.25) is 0 Å². The average molecular weight is 597 g/mol. The molecule has 0 spiro atoms. The molecule has 1 fully saturated rings. The lowest BCUT2D eigenvalue weighted by Crippen LogP contribution is -2.33. The minimum atomic E-state index is -0.483. The number of aromatic hydroxyl groups is 1. The van der Waals surface area contributed by atoms with Gasteiger partial charge in [0.15, 0.2) is 5.76 Å². The maximum Gasteiger partial charge on any atom is 0.316 e. The Hall–Kier alpha value is -4.24. The topological polar surface area (TPSA) is 102 Å². The van der Waals surface area contributed by atoms with E-state index in [1.54, 1.807) is 17.4 Å². The van der Waals surface area contributed by atoms with Crippen LogP contribution in [0.15, 0.2) is 59.1 Å². The van der Waals surface area contributed by atoms with E-state index in [4.69, 9.17) is 9.26 Å². The summed E-state index contributed by atoms with van der Waals surface area (Å²) in [5.41, 5.74) is 6.74. The van der Waals surface area contributed by atoms with Crippen molar-refractivity contribution >= 4 is 33.2 Å². The fourth-order valence-electron chi connectivity index (χ4n) is 6.22. The molecule has 0 saturated carbocycles. The summed E-state index contributed by atoms with van der Waals surface area (Å²) in [6.45, 7) is 10.2. The third kappa shape index (κ3) is 5.49. The maximum absolute atomic E-state index is 12.3. The number of aromatic nitrogens is 3. The van der Waals surface area contributed by atoms with Crippen molar-refractivity contribution in [3.8, 4) is 28.3 Å². The van der Waals surface area contributed by atoms with Crippen LogP contribution in [0.4, 0.5) is 5.69 Å². The molecule has 2 aromatic carbocycles. The van der Waals surface area contributed by atoms with Crippen LogP contribution in [0.2, 0.25) is 0 Å². The molecule has 1 N–H and O–H groups in total. The van der Waals surface area contributed by atoms with E-state index >= 15 is 0 Å². The van der Waals surface area contributed by atoms with Gasteiger partial charge in [-0.05, 0) is 80.0 Å². The van der Waals surface area contributed by atoms with Crippen LogP contribution in [-0.2, 0) is 9.53 Å². The van der Waals surface area contributed by atoms with Gasteiger partial charge in [0, 0.05) is 46.2 Å². The van der Waals surface area contributed by atoms with E-state index in [2.05, 4.69) is 58.4 Å². The summed E-state index contributed by atoms with van der Waals surface area (Å²) in [4.78, 5) is 17.1. The number of hydrogen-bond acceptors (Lipinski definition) is 9. The molecule has 3 aromatic heterocycles. The molecule has 0 amide bonds. The monoisotopic (exact) mass is 596 g/mol. The van der Waals surface area contributed by atoms with Crippen molar-refractivity contribution < 1.29 is 19.2 Å². The zero-order valence-corrected chi connectivity index (χ0v) is 25.9. The number of hydrogen-bond donors (Lipinski definition) is 1. The normalized spacial score (nSPS) is 14.9. The number of ether oxygens (including phenoxy) is 1. The van der Waals surface area contributed by atoms with E-state index in [1.165, 1.54) is 28.8 Å². The Morgan fingerprint density at radius 2 is 1.81 bits per heavy atom. The van der Waals surface area contributed by atoms with Crippen molar-refractivity contribution in [3.63, 3.8) is 0 Å². The number of anilines is 1. The van der Waals surface area contributed by atoms with Crippen LogP contribution in [0, 0.1) is 19.8 Å². The quantitative estimate of drug-likeness (QED) is 0.191. The number of benzene rings is 2. The van der Waals surface area contributed by atoms with E-state index in [1.807, 2.05) is 38.1 Å². The highest BCUT2D eigenvalue weighted by Crippen LogP contribution is 2.41. The predicted octanol–water partition coefficient (Wildman–Crippen LogP) is 7.63. The number of esters is 1. The predicted molar refractivity (Wildman–Crippen MR) is 170 cm³/mol. The number of carbonyl (C=O) groups is 1. The minimum Gasteiger partial charge on any atom is -0.507 e. The largest absolute Gasteiger partial charge is 0.507 e. The van der Waals surface area contributed by atoms with Crippen molar-refractivity contribution in [2.75, 3.05) is 25.1 Å². The highest BCUT2D eigenvalue weighted by atomic mass is 32.1. The first-order chi connectivity index (χ1) is 20.7. The van der Waals surface area contributed by atoms with E-state index in [0.717, 1.165) is 41.7 Å². The van der Waals surface area contributed by atoms with E-state index < -0.39 is 5.92 Å². The van der Waals surface area contributed by atoms with Gasteiger partial charge in [-0.25, -0.2) is 0 Å². The first-order valence-electron chi connectivity index (χ1n) is 14.7. The number of phenolic OH excluding ortho intramolecular Hbond substituents is 1. The number of para-hydroxylation sites is 1. The van der Waals surface area contributed by atoms with Gasteiger partial charge in [-0.2, -0.15) is 0 Å². The maximum atomic E-state index is 12.3. The highest BCUT2D eigenvalue weighted by Gasteiger charge is 2.30. The van der Waals surface area contributed by atoms with Crippen LogP contribution in [0.5, 0.6) is 5.75 Å². The molecule has 1 atom stereocenters. The zero-order chi connectivity index (χ0) is 30.2. The van der Waals surface area contributed by atoms with Crippen molar-refractivity contribution in [2.45, 2.75) is 52.4 Å². The summed E-state index contributed by atoms with van der Waals surface area (Å²) in [5.74, 6) is 0.445. The van der Waals surface area contributed by atoms with Gasteiger partial charge in [-0.3, -0.25) is 4.79 Å². The second-order valence-corrected chi connectivity index (χ2v) is 12.7. The van der Waals surface area contributed by atoms with E-state index in [-0.39, 0.29) is 17.6 Å². The van der Waals surface area contributed by atoms with Gasteiger partial charge in [0.25, 0.3) is 0 Å². The summed E-state index contributed by atoms with van der Waals surface area (Å²) < 4.78 is 10.6. The zero-order valence-electron chi connectivity index (χ0n) is 25.1. The Labute approximate surface area is 255 Å².